The molecule has 1 atom stereocenters. The van der Waals surface area contributed by atoms with Crippen LogP contribution in [-0.4, -0.2) is 4.98 Å². The minimum absolute atomic E-state index is 0.195. The molecule has 0 radical (unpaired) electrons. The molecule has 3 aromatic rings. The molecule has 2 nitrogen and oxygen atoms in total. The van der Waals surface area contributed by atoms with Crippen LogP contribution in [0.4, 0.5) is 5.13 Å². The lowest BCUT2D eigenvalue weighted by Crippen LogP contribution is -2.05. The molecular formula is C17H14Cl2N2S. The zero-order chi connectivity index (χ0) is 15.5. The molecular weight excluding hydrogens is 335 g/mol. The number of hydrogen-bond donors (Lipinski definition) is 1. The average molecular weight is 349 g/mol. The van der Waals surface area contributed by atoms with Crippen molar-refractivity contribution in [2.24, 2.45) is 0 Å². The third kappa shape index (κ3) is 3.43. The zero-order valence-corrected chi connectivity index (χ0v) is 14.2. The van der Waals surface area contributed by atoms with Crippen molar-refractivity contribution >= 4 is 39.7 Å². The maximum absolute atomic E-state index is 6.23. The molecule has 0 aliphatic carbocycles. The lowest BCUT2D eigenvalue weighted by Gasteiger charge is -2.12. The summed E-state index contributed by atoms with van der Waals surface area (Å²) in [7, 11) is 0. The molecule has 0 aliphatic rings. The summed E-state index contributed by atoms with van der Waals surface area (Å²) in [5.41, 5.74) is 2.97. The van der Waals surface area contributed by atoms with Gasteiger partial charge in [0.15, 0.2) is 5.13 Å². The SMILES string of the molecule is C[C@@H](Nc1nc(-c2ccc(Cl)cc2Cl)cs1)c1ccccc1. The maximum Gasteiger partial charge on any atom is 0.183 e. The number of thiazole rings is 1. The normalized spacial score (nSPS) is 12.1. The van der Waals surface area contributed by atoms with E-state index in [-0.39, 0.29) is 6.04 Å². The number of aromatic nitrogens is 1. The van der Waals surface area contributed by atoms with E-state index in [4.69, 9.17) is 23.2 Å². The summed E-state index contributed by atoms with van der Waals surface area (Å²) in [5.74, 6) is 0. The Bertz CT molecular complexity index is 771. The Morgan fingerprint density at radius 1 is 1.09 bits per heavy atom. The van der Waals surface area contributed by atoms with Crippen LogP contribution in [0.25, 0.3) is 11.3 Å². The molecule has 0 fully saturated rings. The standard InChI is InChI=1S/C17H14Cl2N2S/c1-11(12-5-3-2-4-6-12)20-17-21-16(10-22-17)14-8-7-13(18)9-15(14)19/h2-11H,1H3,(H,20,21)/t11-/m1/s1. The van der Waals surface area contributed by atoms with Crippen LogP contribution in [0.1, 0.15) is 18.5 Å². The van der Waals surface area contributed by atoms with Crippen LogP contribution in [-0.2, 0) is 0 Å². The first-order valence-corrected chi connectivity index (χ1v) is 8.49. The van der Waals surface area contributed by atoms with Crippen molar-refractivity contribution in [2.75, 3.05) is 5.32 Å². The molecule has 0 saturated heterocycles. The van der Waals surface area contributed by atoms with Gasteiger partial charge in [-0.15, -0.1) is 11.3 Å². The Morgan fingerprint density at radius 2 is 1.86 bits per heavy atom. The van der Waals surface area contributed by atoms with Gasteiger partial charge >= 0.3 is 0 Å². The number of rotatable bonds is 4. The summed E-state index contributed by atoms with van der Waals surface area (Å²) >= 11 is 13.7. The topological polar surface area (TPSA) is 24.9 Å². The van der Waals surface area contributed by atoms with Crippen molar-refractivity contribution in [1.29, 1.82) is 0 Å². The van der Waals surface area contributed by atoms with Crippen LogP contribution in [0.5, 0.6) is 0 Å². The van der Waals surface area contributed by atoms with E-state index in [0.29, 0.717) is 10.0 Å². The van der Waals surface area contributed by atoms with Gasteiger partial charge in [0.1, 0.15) is 0 Å². The molecule has 0 unspecified atom stereocenters. The second-order valence-corrected chi connectivity index (χ2v) is 6.64. The van der Waals surface area contributed by atoms with Crippen LogP contribution in [0.15, 0.2) is 53.9 Å². The molecule has 0 spiro atoms. The molecule has 22 heavy (non-hydrogen) atoms. The van der Waals surface area contributed by atoms with Gasteiger partial charge in [0.05, 0.1) is 16.8 Å². The highest BCUT2D eigenvalue weighted by molar-refractivity contribution is 7.14. The molecule has 3 rings (SSSR count). The van der Waals surface area contributed by atoms with Gasteiger partial charge in [-0.05, 0) is 30.7 Å². The quantitative estimate of drug-likeness (QED) is 0.599. The number of hydrogen-bond acceptors (Lipinski definition) is 3. The summed E-state index contributed by atoms with van der Waals surface area (Å²) in [6.45, 7) is 2.12. The second kappa shape index (κ2) is 6.69. The first-order valence-electron chi connectivity index (χ1n) is 6.86. The summed E-state index contributed by atoms with van der Waals surface area (Å²) in [6, 6.07) is 15.9. The summed E-state index contributed by atoms with van der Waals surface area (Å²) in [5, 5.41) is 7.52. The van der Waals surface area contributed by atoms with Crippen LogP contribution >= 0.6 is 34.5 Å². The van der Waals surface area contributed by atoms with E-state index in [2.05, 4.69) is 29.4 Å². The summed E-state index contributed by atoms with van der Waals surface area (Å²) < 4.78 is 0. The highest BCUT2D eigenvalue weighted by Crippen LogP contribution is 2.33. The third-order valence-corrected chi connectivity index (χ3v) is 4.67. The van der Waals surface area contributed by atoms with Gasteiger partial charge in [-0.2, -0.15) is 0 Å². The highest BCUT2D eigenvalue weighted by Gasteiger charge is 2.11. The molecule has 0 aliphatic heterocycles. The van der Waals surface area contributed by atoms with Gasteiger partial charge in [0.2, 0.25) is 0 Å². The molecule has 1 aromatic heterocycles. The van der Waals surface area contributed by atoms with E-state index in [1.165, 1.54) is 5.56 Å². The minimum Gasteiger partial charge on any atom is -0.355 e. The van der Waals surface area contributed by atoms with Gasteiger partial charge in [-0.1, -0.05) is 53.5 Å². The van der Waals surface area contributed by atoms with E-state index in [1.54, 1.807) is 17.4 Å². The molecule has 112 valence electrons. The van der Waals surface area contributed by atoms with Gasteiger partial charge in [-0.3, -0.25) is 0 Å². The van der Waals surface area contributed by atoms with E-state index in [0.717, 1.165) is 16.4 Å². The molecule has 0 amide bonds. The third-order valence-electron chi connectivity index (χ3n) is 3.35. The number of nitrogens with one attached hydrogen (secondary N) is 1. The molecule has 0 bridgehead atoms. The number of benzene rings is 2. The molecule has 1 N–H and O–H groups in total. The van der Waals surface area contributed by atoms with Crippen molar-refractivity contribution in [2.45, 2.75) is 13.0 Å². The second-order valence-electron chi connectivity index (χ2n) is 4.94. The number of anilines is 1. The Balaban J connectivity index is 1.79. The van der Waals surface area contributed by atoms with Gasteiger partial charge in [0, 0.05) is 16.0 Å². The van der Waals surface area contributed by atoms with Crippen molar-refractivity contribution in [3.63, 3.8) is 0 Å². The fourth-order valence-corrected chi connectivity index (χ4v) is 3.48. The van der Waals surface area contributed by atoms with Crippen molar-refractivity contribution in [3.05, 3.63) is 69.5 Å². The highest BCUT2D eigenvalue weighted by atomic mass is 35.5. The lowest BCUT2D eigenvalue weighted by atomic mass is 10.1. The van der Waals surface area contributed by atoms with Crippen molar-refractivity contribution < 1.29 is 0 Å². The monoisotopic (exact) mass is 348 g/mol. The molecule has 2 aromatic carbocycles. The zero-order valence-electron chi connectivity index (χ0n) is 11.9. The van der Waals surface area contributed by atoms with Crippen LogP contribution in [0.2, 0.25) is 10.0 Å². The van der Waals surface area contributed by atoms with Gasteiger partial charge < -0.3 is 5.32 Å². The van der Waals surface area contributed by atoms with E-state index in [9.17, 15) is 0 Å². The average Bonchev–Trinajstić information content (AvgIpc) is 2.96. The van der Waals surface area contributed by atoms with Crippen LogP contribution in [0.3, 0.4) is 0 Å². The number of nitrogens with zero attached hydrogens (tertiary/aromatic N) is 1. The summed E-state index contributed by atoms with van der Waals surface area (Å²) in [4.78, 5) is 4.62. The van der Waals surface area contributed by atoms with Gasteiger partial charge in [-0.25, -0.2) is 4.98 Å². The van der Waals surface area contributed by atoms with Crippen LogP contribution in [0, 0.1) is 0 Å². The first-order chi connectivity index (χ1) is 10.6. The first kappa shape index (κ1) is 15.3. The minimum atomic E-state index is 0.195. The molecule has 0 saturated carbocycles. The largest absolute Gasteiger partial charge is 0.355 e. The molecule has 1 heterocycles. The fourth-order valence-electron chi connectivity index (χ4n) is 2.17. The van der Waals surface area contributed by atoms with Gasteiger partial charge in [0.25, 0.3) is 0 Å². The summed E-state index contributed by atoms with van der Waals surface area (Å²) in [6.07, 6.45) is 0. The smallest absolute Gasteiger partial charge is 0.183 e. The van der Waals surface area contributed by atoms with Crippen molar-refractivity contribution in [3.8, 4) is 11.3 Å². The van der Waals surface area contributed by atoms with Crippen molar-refractivity contribution in [1.82, 2.24) is 4.98 Å². The van der Waals surface area contributed by atoms with E-state index < -0.39 is 0 Å². The Kier molecular flexibility index (Phi) is 4.67. The Hall–Kier alpha value is -1.55. The van der Waals surface area contributed by atoms with Crippen LogP contribution < -0.4 is 5.32 Å². The Labute approximate surface area is 143 Å². The van der Waals surface area contributed by atoms with E-state index >= 15 is 0 Å². The fraction of sp³-hybridized carbons (Fsp3) is 0.118. The lowest BCUT2D eigenvalue weighted by molar-refractivity contribution is 0.882. The predicted molar refractivity (Wildman–Crippen MR) is 96.0 cm³/mol. The molecule has 5 heteroatoms. The Morgan fingerprint density at radius 3 is 2.59 bits per heavy atom. The maximum atomic E-state index is 6.23. The predicted octanol–water partition coefficient (Wildman–Crippen LogP) is 6.29. The number of halogens is 2. The van der Waals surface area contributed by atoms with E-state index in [1.807, 2.05) is 35.7 Å².